The van der Waals surface area contributed by atoms with Crippen molar-refractivity contribution in [2.24, 2.45) is 0 Å². The van der Waals surface area contributed by atoms with Gasteiger partial charge >= 0.3 is 11.9 Å². The molecule has 0 aliphatic carbocycles. The molecule has 0 spiro atoms. The van der Waals surface area contributed by atoms with E-state index in [0.29, 0.717) is 33.8 Å². The maximum Gasteiger partial charge on any atom is 0.343 e. The Hall–Kier alpha value is -2.79. The van der Waals surface area contributed by atoms with Gasteiger partial charge in [0.2, 0.25) is 0 Å². The molecule has 3 rings (SSSR count). The fraction of sp³-hybridized carbons (Fsp3) is 0.158. The van der Waals surface area contributed by atoms with Crippen LogP contribution in [0.5, 0.6) is 5.75 Å². The molecular weight excluding hydrogens is 342 g/mol. The van der Waals surface area contributed by atoms with Gasteiger partial charge in [0, 0.05) is 28.7 Å². The molecule has 2 aromatic carbocycles. The maximum absolute atomic E-state index is 12.2. The van der Waals surface area contributed by atoms with E-state index in [4.69, 9.17) is 21.1 Å². The monoisotopic (exact) mass is 357 g/mol. The molecule has 0 amide bonds. The number of benzene rings is 2. The Morgan fingerprint density at radius 2 is 1.80 bits per heavy atom. The molecule has 3 aromatic rings. The Balaban J connectivity index is 1.96. The van der Waals surface area contributed by atoms with Gasteiger partial charge in [-0.15, -0.1) is 0 Å². The molecule has 5 nitrogen and oxygen atoms in total. The van der Waals surface area contributed by atoms with E-state index in [9.17, 15) is 9.59 Å². The zero-order valence-electron chi connectivity index (χ0n) is 13.8. The number of methoxy groups -OCH3 is 1. The van der Waals surface area contributed by atoms with E-state index in [-0.39, 0.29) is 0 Å². The van der Waals surface area contributed by atoms with E-state index in [2.05, 4.69) is 0 Å². The predicted octanol–water partition coefficient (Wildman–Crippen LogP) is 4.32. The molecule has 0 aliphatic rings. The van der Waals surface area contributed by atoms with Crippen LogP contribution in [0.15, 0.2) is 48.7 Å². The standard InChI is InChI=1S/C19H16ClNO4/c1-3-21-11-16(19(23)24-2)15-10-14(8-9-17(15)21)25-18(22)12-4-6-13(20)7-5-12/h4-11H,3H2,1-2H3. The average Bonchev–Trinajstić information content (AvgIpc) is 2.99. The first-order valence-electron chi connectivity index (χ1n) is 7.72. The van der Waals surface area contributed by atoms with Gasteiger partial charge in [-0.05, 0) is 49.4 Å². The summed E-state index contributed by atoms with van der Waals surface area (Å²) in [6.07, 6.45) is 1.74. The fourth-order valence-corrected chi connectivity index (χ4v) is 2.75. The number of hydrogen-bond acceptors (Lipinski definition) is 4. The van der Waals surface area contributed by atoms with Crippen LogP contribution in [0.4, 0.5) is 0 Å². The summed E-state index contributed by atoms with van der Waals surface area (Å²) < 4.78 is 12.2. The Bertz CT molecular complexity index is 944. The third-order valence-electron chi connectivity index (χ3n) is 3.89. The van der Waals surface area contributed by atoms with Crippen molar-refractivity contribution < 1.29 is 19.1 Å². The topological polar surface area (TPSA) is 57.5 Å². The second-order valence-electron chi connectivity index (χ2n) is 5.40. The molecule has 6 heteroatoms. The first kappa shape index (κ1) is 17.0. The number of aromatic nitrogens is 1. The highest BCUT2D eigenvalue weighted by molar-refractivity contribution is 6.30. The molecule has 0 saturated carbocycles. The van der Waals surface area contributed by atoms with Crippen molar-refractivity contribution in [3.8, 4) is 5.75 Å². The summed E-state index contributed by atoms with van der Waals surface area (Å²) in [5.74, 6) is -0.574. The lowest BCUT2D eigenvalue weighted by molar-refractivity contribution is 0.0602. The van der Waals surface area contributed by atoms with E-state index in [0.717, 1.165) is 5.52 Å². The molecular formula is C19H16ClNO4. The van der Waals surface area contributed by atoms with Crippen LogP contribution in [0.1, 0.15) is 27.6 Å². The number of aryl methyl sites for hydroxylation is 1. The first-order valence-corrected chi connectivity index (χ1v) is 8.10. The van der Waals surface area contributed by atoms with Gasteiger partial charge in [-0.3, -0.25) is 0 Å². The molecule has 1 heterocycles. The lowest BCUT2D eigenvalue weighted by atomic mass is 10.1. The summed E-state index contributed by atoms with van der Waals surface area (Å²) in [6.45, 7) is 2.69. The predicted molar refractivity (Wildman–Crippen MR) is 95.4 cm³/mol. The van der Waals surface area contributed by atoms with Gasteiger partial charge in [-0.2, -0.15) is 0 Å². The van der Waals surface area contributed by atoms with Crippen LogP contribution in [0.25, 0.3) is 10.9 Å². The summed E-state index contributed by atoms with van der Waals surface area (Å²) in [5, 5.41) is 1.22. The third-order valence-corrected chi connectivity index (χ3v) is 4.14. The van der Waals surface area contributed by atoms with E-state index in [1.165, 1.54) is 7.11 Å². The average molecular weight is 358 g/mol. The quantitative estimate of drug-likeness (QED) is 0.515. The van der Waals surface area contributed by atoms with Gasteiger partial charge in [-0.1, -0.05) is 11.6 Å². The smallest absolute Gasteiger partial charge is 0.343 e. The Kier molecular flexibility index (Phi) is 4.76. The number of rotatable bonds is 4. The summed E-state index contributed by atoms with van der Waals surface area (Å²) in [5.41, 5.74) is 1.70. The number of hydrogen-bond donors (Lipinski definition) is 0. The number of esters is 2. The fourth-order valence-electron chi connectivity index (χ4n) is 2.63. The summed E-state index contributed by atoms with van der Waals surface area (Å²) >= 11 is 5.82. The van der Waals surface area contributed by atoms with Crippen LogP contribution in [0.3, 0.4) is 0 Å². The van der Waals surface area contributed by atoms with E-state index in [1.807, 2.05) is 17.6 Å². The minimum Gasteiger partial charge on any atom is -0.465 e. The summed E-state index contributed by atoms with van der Waals surface area (Å²) in [7, 11) is 1.34. The lowest BCUT2D eigenvalue weighted by Gasteiger charge is -2.06. The van der Waals surface area contributed by atoms with Crippen molar-refractivity contribution in [2.75, 3.05) is 7.11 Å². The van der Waals surface area contributed by atoms with Crippen molar-refractivity contribution in [2.45, 2.75) is 13.5 Å². The second kappa shape index (κ2) is 6.99. The van der Waals surface area contributed by atoms with E-state index < -0.39 is 11.9 Å². The molecule has 0 N–H and O–H groups in total. The van der Waals surface area contributed by atoms with Crippen LogP contribution < -0.4 is 4.74 Å². The third kappa shape index (κ3) is 3.37. The van der Waals surface area contributed by atoms with Crippen LogP contribution in [0, 0.1) is 0 Å². The van der Waals surface area contributed by atoms with Crippen molar-refractivity contribution >= 4 is 34.4 Å². The molecule has 0 aliphatic heterocycles. The van der Waals surface area contributed by atoms with E-state index in [1.54, 1.807) is 42.6 Å². The molecule has 0 radical (unpaired) electrons. The van der Waals surface area contributed by atoms with Crippen LogP contribution in [-0.2, 0) is 11.3 Å². The maximum atomic E-state index is 12.2. The Morgan fingerprint density at radius 1 is 1.08 bits per heavy atom. The Labute approximate surface area is 149 Å². The number of ether oxygens (including phenoxy) is 2. The van der Waals surface area contributed by atoms with Crippen LogP contribution >= 0.6 is 11.6 Å². The number of carbonyl (C=O) groups is 2. The highest BCUT2D eigenvalue weighted by atomic mass is 35.5. The minimum absolute atomic E-state index is 0.353. The summed E-state index contributed by atoms with van der Waals surface area (Å²) in [4.78, 5) is 24.2. The zero-order valence-corrected chi connectivity index (χ0v) is 14.5. The molecule has 0 bridgehead atoms. The minimum atomic E-state index is -0.495. The molecule has 0 fully saturated rings. The molecule has 25 heavy (non-hydrogen) atoms. The van der Waals surface area contributed by atoms with Crippen LogP contribution in [-0.4, -0.2) is 23.6 Å². The number of halogens is 1. The lowest BCUT2D eigenvalue weighted by Crippen LogP contribution is -2.08. The Morgan fingerprint density at radius 3 is 2.44 bits per heavy atom. The molecule has 128 valence electrons. The number of fused-ring (bicyclic) bond motifs is 1. The number of carbonyl (C=O) groups excluding carboxylic acids is 2. The van der Waals surface area contributed by atoms with Gasteiger partial charge in [-0.25, -0.2) is 9.59 Å². The van der Waals surface area contributed by atoms with Crippen molar-refractivity contribution in [1.82, 2.24) is 4.57 Å². The molecule has 0 saturated heterocycles. The van der Waals surface area contributed by atoms with E-state index >= 15 is 0 Å². The van der Waals surface area contributed by atoms with Crippen molar-refractivity contribution in [1.29, 1.82) is 0 Å². The van der Waals surface area contributed by atoms with Crippen molar-refractivity contribution in [3.63, 3.8) is 0 Å². The van der Waals surface area contributed by atoms with Gasteiger partial charge in [0.15, 0.2) is 0 Å². The van der Waals surface area contributed by atoms with Gasteiger partial charge in [0.1, 0.15) is 5.75 Å². The normalized spacial score (nSPS) is 10.7. The summed E-state index contributed by atoms with van der Waals surface area (Å²) in [6, 6.07) is 11.6. The number of nitrogens with zero attached hydrogens (tertiary/aromatic N) is 1. The highest BCUT2D eigenvalue weighted by Crippen LogP contribution is 2.27. The molecule has 0 unspecified atom stereocenters. The largest absolute Gasteiger partial charge is 0.465 e. The van der Waals surface area contributed by atoms with Gasteiger partial charge < -0.3 is 14.0 Å². The van der Waals surface area contributed by atoms with Crippen molar-refractivity contribution in [3.05, 3.63) is 64.8 Å². The molecule has 0 atom stereocenters. The highest BCUT2D eigenvalue weighted by Gasteiger charge is 2.17. The molecule has 1 aromatic heterocycles. The van der Waals surface area contributed by atoms with Gasteiger partial charge in [0.05, 0.1) is 18.2 Å². The first-order chi connectivity index (χ1) is 12.0. The van der Waals surface area contributed by atoms with Gasteiger partial charge in [0.25, 0.3) is 0 Å². The van der Waals surface area contributed by atoms with Crippen LogP contribution in [0.2, 0.25) is 5.02 Å². The SMILES string of the molecule is CCn1cc(C(=O)OC)c2cc(OC(=O)c3ccc(Cl)cc3)ccc21. The second-order valence-corrected chi connectivity index (χ2v) is 5.83. The zero-order chi connectivity index (χ0) is 18.0.